The number of aromatic nitrogens is 1. The van der Waals surface area contributed by atoms with Gasteiger partial charge in [-0.3, -0.25) is 14.9 Å². The Bertz CT molecular complexity index is 1780. The van der Waals surface area contributed by atoms with Gasteiger partial charge in [-0.05, 0) is 75.6 Å². The molecule has 17 heteroatoms. The van der Waals surface area contributed by atoms with E-state index in [-0.39, 0.29) is 41.6 Å². The number of thiazole rings is 1. The number of amides is 1. The van der Waals surface area contributed by atoms with Crippen LogP contribution in [0, 0.1) is 0 Å². The van der Waals surface area contributed by atoms with E-state index in [1.54, 1.807) is 32.2 Å². The van der Waals surface area contributed by atoms with Crippen molar-refractivity contribution in [3.05, 3.63) is 69.1 Å². The number of carbonyl (C=O) groups is 3. The Morgan fingerprint density at radius 1 is 1.20 bits per heavy atom. The summed E-state index contributed by atoms with van der Waals surface area (Å²) >= 11 is 9.15. The number of carboxylic acid groups (broad SMARTS) is 1. The Kier molecular flexibility index (Phi) is 13.2. The summed E-state index contributed by atoms with van der Waals surface area (Å²) in [5.74, 6) is -1.96. The molecule has 2 aliphatic heterocycles. The highest BCUT2D eigenvalue weighted by molar-refractivity contribution is 7.97. The van der Waals surface area contributed by atoms with Crippen molar-refractivity contribution in [3.8, 4) is 0 Å². The van der Waals surface area contributed by atoms with E-state index >= 15 is 0 Å². The predicted octanol–water partition coefficient (Wildman–Crippen LogP) is 4.17. The van der Waals surface area contributed by atoms with E-state index in [9.17, 15) is 27.9 Å². The highest BCUT2D eigenvalue weighted by Gasteiger charge is 2.37. The average molecular weight is 765 g/mol. The molecule has 13 nitrogen and oxygen atoms in total. The summed E-state index contributed by atoms with van der Waals surface area (Å²) in [6.07, 6.45) is 4.88. The molecule has 50 heavy (non-hydrogen) atoms. The number of sulfonamides is 1. The predicted molar refractivity (Wildman–Crippen MR) is 192 cm³/mol. The number of benzene rings is 2. The fourth-order valence-corrected chi connectivity index (χ4v) is 9.31. The van der Waals surface area contributed by atoms with Crippen LogP contribution in [0.5, 0.6) is 0 Å². The van der Waals surface area contributed by atoms with Gasteiger partial charge in [0.05, 0.1) is 34.5 Å². The lowest BCUT2D eigenvalue weighted by Crippen LogP contribution is -2.53. The first-order valence-corrected chi connectivity index (χ1v) is 19.9. The molecule has 2 aromatic carbocycles. The van der Waals surface area contributed by atoms with Crippen LogP contribution in [0.1, 0.15) is 55.0 Å². The van der Waals surface area contributed by atoms with E-state index in [1.165, 1.54) is 33.7 Å². The molecular weight excluding hydrogens is 724 g/mol. The van der Waals surface area contributed by atoms with Crippen LogP contribution < -0.4 is 20.1 Å². The minimum atomic E-state index is -3.97. The zero-order valence-corrected chi connectivity index (χ0v) is 30.9. The van der Waals surface area contributed by atoms with Crippen molar-refractivity contribution >= 4 is 68.4 Å². The van der Waals surface area contributed by atoms with Crippen LogP contribution in [0.2, 0.25) is 5.02 Å². The van der Waals surface area contributed by atoms with Gasteiger partial charge in [-0.1, -0.05) is 41.9 Å². The molecule has 1 saturated heterocycles. The van der Waals surface area contributed by atoms with Gasteiger partial charge in [-0.15, -0.1) is 11.3 Å². The normalized spacial score (nSPS) is 18.6. The maximum absolute atomic E-state index is 13.3. The van der Waals surface area contributed by atoms with Gasteiger partial charge in [0.1, 0.15) is 17.0 Å². The fraction of sp³-hybridized carbons (Fsp3) is 0.455. The molecule has 1 aromatic heterocycles. The molecule has 1 fully saturated rings. The summed E-state index contributed by atoms with van der Waals surface area (Å²) in [5.41, 5.74) is 2.00. The first kappa shape index (κ1) is 38.0. The number of nitrogens with one attached hydrogen (secondary N) is 4. The SMILES string of the molecule is CCOC(=O)C(CCc1ncc(CNS(=O)(=O)c2cc3c(cc2Cl)NC(CCc2ccccc2)NS3)s1)N[C@@H](C)C(=O)N1CCC[C@H]1C(=O)O. The molecule has 5 N–H and O–H groups in total. The second kappa shape index (κ2) is 17.3. The maximum Gasteiger partial charge on any atom is 0.326 e. The Balaban J connectivity index is 1.15. The van der Waals surface area contributed by atoms with E-state index in [4.69, 9.17) is 16.3 Å². The number of fused-ring (bicyclic) bond motifs is 1. The Morgan fingerprint density at radius 3 is 2.72 bits per heavy atom. The lowest BCUT2D eigenvalue weighted by molar-refractivity contribution is -0.150. The van der Waals surface area contributed by atoms with E-state index < -0.39 is 40.1 Å². The summed E-state index contributed by atoms with van der Waals surface area (Å²) in [6, 6.07) is 10.8. The molecular formula is C33H41ClN6O7S3. The van der Waals surface area contributed by atoms with Crippen LogP contribution in [0.3, 0.4) is 0 Å². The number of carbonyl (C=O) groups excluding carboxylic acids is 2. The number of hydrogen-bond acceptors (Lipinski definition) is 12. The fourth-order valence-electron chi connectivity index (χ4n) is 5.85. The van der Waals surface area contributed by atoms with Crippen LogP contribution in [0.15, 0.2) is 58.5 Å². The Morgan fingerprint density at radius 2 is 1.98 bits per heavy atom. The quantitative estimate of drug-likeness (QED) is 0.104. The smallest absolute Gasteiger partial charge is 0.326 e. The molecule has 270 valence electrons. The van der Waals surface area contributed by atoms with Crippen molar-refractivity contribution in [1.82, 2.24) is 24.6 Å². The molecule has 3 heterocycles. The Labute approximate surface area is 305 Å². The van der Waals surface area contributed by atoms with Crippen LogP contribution in [-0.4, -0.2) is 78.7 Å². The number of halogens is 1. The van der Waals surface area contributed by atoms with Crippen molar-refractivity contribution in [2.75, 3.05) is 18.5 Å². The zero-order chi connectivity index (χ0) is 35.8. The molecule has 0 spiro atoms. The second-order valence-electron chi connectivity index (χ2n) is 12.0. The van der Waals surface area contributed by atoms with Gasteiger partial charge in [-0.2, -0.15) is 0 Å². The molecule has 1 amide bonds. The van der Waals surface area contributed by atoms with Crippen LogP contribution >= 0.6 is 34.9 Å². The minimum absolute atomic E-state index is 0.00964. The summed E-state index contributed by atoms with van der Waals surface area (Å²) in [7, 11) is -3.97. The van der Waals surface area contributed by atoms with Gasteiger partial charge in [0, 0.05) is 35.5 Å². The molecule has 0 radical (unpaired) electrons. The first-order valence-electron chi connectivity index (χ1n) is 16.4. The van der Waals surface area contributed by atoms with Crippen molar-refractivity contribution < 1.29 is 32.6 Å². The molecule has 3 aromatic rings. The molecule has 0 aliphatic carbocycles. The number of aliphatic carboxylic acids is 1. The van der Waals surface area contributed by atoms with Crippen LogP contribution in [0.4, 0.5) is 5.69 Å². The van der Waals surface area contributed by atoms with E-state index in [2.05, 4.69) is 37.2 Å². The van der Waals surface area contributed by atoms with E-state index in [1.807, 2.05) is 18.2 Å². The lowest BCUT2D eigenvalue weighted by Gasteiger charge is -2.28. The topological polar surface area (TPSA) is 179 Å². The van der Waals surface area contributed by atoms with Crippen LogP contribution in [0.25, 0.3) is 0 Å². The third-order valence-electron chi connectivity index (χ3n) is 8.43. The van der Waals surface area contributed by atoms with Crippen molar-refractivity contribution in [2.24, 2.45) is 0 Å². The molecule has 2 unspecified atom stereocenters. The van der Waals surface area contributed by atoms with Gasteiger partial charge < -0.3 is 20.1 Å². The average Bonchev–Trinajstić information content (AvgIpc) is 3.78. The van der Waals surface area contributed by atoms with E-state index in [0.29, 0.717) is 40.6 Å². The van der Waals surface area contributed by atoms with Crippen LogP contribution in [-0.2, 0) is 48.5 Å². The van der Waals surface area contributed by atoms with Gasteiger partial charge in [0.2, 0.25) is 15.9 Å². The summed E-state index contributed by atoms with van der Waals surface area (Å²) in [6.45, 7) is 3.78. The van der Waals surface area contributed by atoms with Gasteiger partial charge in [-0.25, -0.2) is 27.6 Å². The summed E-state index contributed by atoms with van der Waals surface area (Å²) in [5, 5.41) is 16.7. The number of esters is 1. The number of aryl methyl sites for hydroxylation is 2. The number of rotatable bonds is 16. The third-order valence-corrected chi connectivity index (χ3v) is 12.3. The van der Waals surface area contributed by atoms with Crippen molar-refractivity contribution in [2.45, 2.75) is 93.0 Å². The highest BCUT2D eigenvalue weighted by atomic mass is 35.5. The number of likely N-dealkylation sites (tertiary alicyclic amines) is 1. The third kappa shape index (κ3) is 9.75. The van der Waals surface area contributed by atoms with Gasteiger partial charge in [0.25, 0.3) is 0 Å². The number of ether oxygens (including phenoxy) is 1. The molecule has 4 atom stereocenters. The number of nitrogens with zero attached hydrogens (tertiary/aromatic N) is 2. The standard InChI is InChI=1S/C33H41ClN6O7S3/c1-3-47-33(44)24(37-20(2)31(41)40-15-7-10-26(40)32(42)43)12-14-30-35-18-22(48-30)19-36-50(45,46)28-17-27-25(16-23(28)34)38-29(39-49-27)13-11-21-8-5-4-6-9-21/h4-6,8-9,16-18,20,24,26,29,36-39H,3,7,10-15,19H2,1-2H3,(H,42,43)/t20-,24?,26-,29?/m0/s1. The lowest BCUT2D eigenvalue weighted by atomic mass is 10.1. The highest BCUT2D eigenvalue weighted by Crippen LogP contribution is 2.37. The number of carboxylic acids is 1. The number of anilines is 1. The molecule has 0 saturated carbocycles. The monoisotopic (exact) mass is 764 g/mol. The van der Waals surface area contributed by atoms with Crippen molar-refractivity contribution in [1.29, 1.82) is 0 Å². The van der Waals surface area contributed by atoms with Gasteiger partial charge in [0.15, 0.2) is 0 Å². The zero-order valence-electron chi connectivity index (χ0n) is 27.7. The molecule has 0 bridgehead atoms. The molecule has 5 rings (SSSR count). The largest absolute Gasteiger partial charge is 0.480 e. The van der Waals surface area contributed by atoms with Gasteiger partial charge >= 0.3 is 11.9 Å². The second-order valence-corrected chi connectivity index (χ2v) is 16.2. The van der Waals surface area contributed by atoms with Crippen molar-refractivity contribution in [3.63, 3.8) is 0 Å². The Hall–Kier alpha value is -3.25. The number of hydrogen-bond donors (Lipinski definition) is 5. The first-order chi connectivity index (χ1) is 23.9. The maximum atomic E-state index is 13.3. The summed E-state index contributed by atoms with van der Waals surface area (Å²) < 4.78 is 37.8. The summed E-state index contributed by atoms with van der Waals surface area (Å²) in [4.78, 5) is 44.5. The minimum Gasteiger partial charge on any atom is -0.480 e. The van der Waals surface area contributed by atoms with E-state index in [0.717, 1.165) is 18.5 Å². The molecule has 2 aliphatic rings.